The molecule has 0 bridgehead atoms. The van der Waals surface area contributed by atoms with Gasteiger partial charge in [0.25, 0.3) is 11.6 Å². The number of nitro benzene ring substituents is 1. The average molecular weight is 377 g/mol. The molecule has 27 heavy (non-hydrogen) atoms. The first-order valence-electron chi connectivity index (χ1n) is 8.60. The molecule has 10 nitrogen and oxygen atoms in total. The predicted molar refractivity (Wildman–Crippen MR) is 99.0 cm³/mol. The highest BCUT2D eigenvalue weighted by Gasteiger charge is 2.30. The summed E-state index contributed by atoms with van der Waals surface area (Å²) >= 11 is 0. The van der Waals surface area contributed by atoms with Crippen LogP contribution in [0.4, 0.5) is 17.3 Å². The van der Waals surface area contributed by atoms with Gasteiger partial charge in [-0.3, -0.25) is 10.1 Å². The normalized spacial score (nSPS) is 14.9. The van der Waals surface area contributed by atoms with Crippen molar-refractivity contribution in [3.05, 3.63) is 28.1 Å². The van der Waals surface area contributed by atoms with Crippen molar-refractivity contribution in [3.63, 3.8) is 0 Å². The molecule has 1 aromatic carbocycles. The van der Waals surface area contributed by atoms with Crippen LogP contribution in [0.15, 0.2) is 16.7 Å². The maximum atomic E-state index is 11.5. The summed E-state index contributed by atoms with van der Waals surface area (Å²) in [6.45, 7) is 1.28. The lowest BCUT2D eigenvalue weighted by Gasteiger charge is -2.32. The summed E-state index contributed by atoms with van der Waals surface area (Å²) in [5.74, 6) is 2.10. The van der Waals surface area contributed by atoms with Gasteiger partial charge in [0.05, 0.1) is 25.2 Å². The lowest BCUT2D eigenvalue weighted by molar-refractivity contribution is -0.384. The molecule has 0 radical (unpaired) electrons. The molecule has 1 aliphatic heterocycles. The molecule has 1 aromatic heterocycles. The highest BCUT2D eigenvalue weighted by molar-refractivity contribution is 5.70. The summed E-state index contributed by atoms with van der Waals surface area (Å²) in [7, 11) is 6.68. The Kier molecular flexibility index (Phi) is 5.33. The number of hydrogen-bond acceptors (Lipinski definition) is 9. The number of aromatic nitrogens is 2. The van der Waals surface area contributed by atoms with E-state index in [1.54, 1.807) is 11.0 Å². The average Bonchev–Trinajstić information content (AvgIpc) is 3.17. The van der Waals surface area contributed by atoms with Gasteiger partial charge in [-0.25, -0.2) is 0 Å². The SMILES string of the molecule is COc1cc(N2CCC(c3nc(N(C)C)no3)CC2)c([N+](=O)[O-])cc1OC. The van der Waals surface area contributed by atoms with E-state index in [4.69, 9.17) is 14.0 Å². The Bertz CT molecular complexity index is 814. The molecule has 0 unspecified atom stereocenters. The van der Waals surface area contributed by atoms with Crippen molar-refractivity contribution in [2.45, 2.75) is 18.8 Å². The molecule has 2 heterocycles. The van der Waals surface area contributed by atoms with E-state index in [1.165, 1.54) is 20.3 Å². The largest absolute Gasteiger partial charge is 0.493 e. The molecule has 0 amide bonds. The molecule has 0 aliphatic carbocycles. The van der Waals surface area contributed by atoms with Gasteiger partial charge in [0.1, 0.15) is 5.69 Å². The fraction of sp³-hybridized carbons (Fsp3) is 0.529. The minimum absolute atomic E-state index is 0.00113. The topological polar surface area (TPSA) is 107 Å². The van der Waals surface area contributed by atoms with E-state index in [0.717, 1.165) is 12.8 Å². The van der Waals surface area contributed by atoms with Gasteiger partial charge < -0.3 is 23.8 Å². The summed E-state index contributed by atoms with van der Waals surface area (Å²) < 4.78 is 15.9. The summed E-state index contributed by atoms with van der Waals surface area (Å²) in [5, 5.41) is 15.5. The number of ether oxygens (including phenoxy) is 2. The number of nitrogens with zero attached hydrogens (tertiary/aromatic N) is 5. The minimum Gasteiger partial charge on any atom is -0.493 e. The third kappa shape index (κ3) is 3.74. The van der Waals surface area contributed by atoms with Crippen LogP contribution in [0.2, 0.25) is 0 Å². The first kappa shape index (κ1) is 18.7. The second kappa shape index (κ2) is 7.68. The lowest BCUT2D eigenvalue weighted by Crippen LogP contribution is -2.33. The zero-order valence-electron chi connectivity index (χ0n) is 15.8. The predicted octanol–water partition coefficient (Wildman–Crippen LogP) is 2.45. The maximum absolute atomic E-state index is 11.5. The molecule has 3 rings (SSSR count). The van der Waals surface area contributed by atoms with Gasteiger partial charge in [-0.2, -0.15) is 4.98 Å². The molecule has 1 aliphatic rings. The minimum atomic E-state index is -0.398. The van der Waals surface area contributed by atoms with Crippen LogP contribution >= 0.6 is 0 Å². The van der Waals surface area contributed by atoms with Crippen LogP contribution in [0.5, 0.6) is 11.5 Å². The van der Waals surface area contributed by atoms with E-state index < -0.39 is 4.92 Å². The van der Waals surface area contributed by atoms with Crippen molar-refractivity contribution in [2.75, 3.05) is 51.2 Å². The van der Waals surface area contributed by atoms with Gasteiger partial charge >= 0.3 is 0 Å². The number of methoxy groups -OCH3 is 2. The quantitative estimate of drug-likeness (QED) is 0.554. The third-order valence-corrected chi connectivity index (χ3v) is 4.69. The highest BCUT2D eigenvalue weighted by Crippen LogP contribution is 2.41. The Labute approximate surface area is 156 Å². The molecule has 0 atom stereocenters. The first-order valence-corrected chi connectivity index (χ1v) is 8.60. The number of piperidine rings is 1. The zero-order valence-corrected chi connectivity index (χ0v) is 15.8. The van der Waals surface area contributed by atoms with Gasteiger partial charge in [-0.15, -0.1) is 0 Å². The van der Waals surface area contributed by atoms with E-state index >= 15 is 0 Å². The van der Waals surface area contributed by atoms with Gasteiger partial charge in [0, 0.05) is 39.2 Å². The second-order valence-electron chi connectivity index (χ2n) is 6.54. The van der Waals surface area contributed by atoms with Crippen LogP contribution in [0.1, 0.15) is 24.7 Å². The second-order valence-corrected chi connectivity index (χ2v) is 6.54. The van der Waals surface area contributed by atoms with Crippen LogP contribution in [0.25, 0.3) is 0 Å². The number of benzene rings is 1. The molecule has 1 fully saturated rings. The van der Waals surface area contributed by atoms with Crippen molar-refractivity contribution in [1.82, 2.24) is 10.1 Å². The lowest BCUT2D eigenvalue weighted by atomic mass is 9.96. The van der Waals surface area contributed by atoms with Crippen LogP contribution in [0.3, 0.4) is 0 Å². The number of rotatable bonds is 6. The fourth-order valence-electron chi connectivity index (χ4n) is 3.20. The van der Waals surface area contributed by atoms with Gasteiger partial charge in [0.15, 0.2) is 11.5 Å². The van der Waals surface area contributed by atoms with Crippen molar-refractivity contribution >= 4 is 17.3 Å². The molecular weight excluding hydrogens is 354 g/mol. The summed E-state index contributed by atoms with van der Waals surface area (Å²) in [6.07, 6.45) is 1.53. The van der Waals surface area contributed by atoms with Crippen molar-refractivity contribution in [2.24, 2.45) is 0 Å². The molecule has 1 saturated heterocycles. The van der Waals surface area contributed by atoms with Crippen LogP contribution in [-0.4, -0.2) is 56.5 Å². The Morgan fingerprint density at radius 2 is 1.85 bits per heavy atom. The molecule has 146 valence electrons. The van der Waals surface area contributed by atoms with E-state index in [1.807, 2.05) is 19.0 Å². The van der Waals surface area contributed by atoms with E-state index in [-0.39, 0.29) is 11.6 Å². The number of nitro groups is 1. The summed E-state index contributed by atoms with van der Waals surface area (Å²) in [6, 6.07) is 3.07. The van der Waals surface area contributed by atoms with Gasteiger partial charge in [0.2, 0.25) is 5.89 Å². The van der Waals surface area contributed by atoms with Crippen LogP contribution in [0, 0.1) is 10.1 Å². The third-order valence-electron chi connectivity index (χ3n) is 4.69. The smallest absolute Gasteiger partial charge is 0.296 e. The molecule has 0 N–H and O–H groups in total. The maximum Gasteiger partial charge on any atom is 0.296 e. The Hall–Kier alpha value is -3.04. The van der Waals surface area contributed by atoms with Gasteiger partial charge in [-0.05, 0) is 18.0 Å². The number of anilines is 2. The van der Waals surface area contributed by atoms with Crippen molar-refractivity contribution in [1.29, 1.82) is 0 Å². The van der Waals surface area contributed by atoms with E-state index in [2.05, 4.69) is 10.1 Å². The van der Waals surface area contributed by atoms with Crippen molar-refractivity contribution in [3.8, 4) is 11.5 Å². The first-order chi connectivity index (χ1) is 12.9. The zero-order chi connectivity index (χ0) is 19.6. The summed E-state index contributed by atoms with van der Waals surface area (Å²) in [5.41, 5.74) is 0.523. The van der Waals surface area contributed by atoms with Crippen LogP contribution < -0.4 is 19.3 Å². The Morgan fingerprint density at radius 1 is 1.22 bits per heavy atom. The molecule has 0 saturated carbocycles. The number of hydrogen-bond donors (Lipinski definition) is 0. The Morgan fingerprint density at radius 3 is 2.37 bits per heavy atom. The molecule has 10 heteroatoms. The van der Waals surface area contributed by atoms with Crippen LogP contribution in [-0.2, 0) is 0 Å². The standard InChI is InChI=1S/C17H23N5O5/c1-20(2)17-18-16(27-19-17)11-5-7-21(8-6-11)12-9-14(25-3)15(26-4)10-13(12)22(23)24/h9-11H,5-8H2,1-4H3. The molecular formula is C17H23N5O5. The van der Waals surface area contributed by atoms with E-state index in [9.17, 15) is 10.1 Å². The van der Waals surface area contributed by atoms with Gasteiger partial charge in [-0.1, -0.05) is 0 Å². The fourth-order valence-corrected chi connectivity index (χ4v) is 3.20. The van der Waals surface area contributed by atoms with Crippen molar-refractivity contribution < 1.29 is 18.9 Å². The molecule has 2 aromatic rings. The molecule has 0 spiro atoms. The Balaban J connectivity index is 1.79. The monoisotopic (exact) mass is 377 g/mol. The van der Waals surface area contributed by atoms with E-state index in [0.29, 0.717) is 42.1 Å². The summed E-state index contributed by atoms with van der Waals surface area (Å²) in [4.78, 5) is 19.3. The highest BCUT2D eigenvalue weighted by atomic mass is 16.6.